The molecule has 2 aromatic heterocycles. The van der Waals surface area contributed by atoms with Crippen LogP contribution in [-0.4, -0.2) is 18.2 Å². The van der Waals surface area contributed by atoms with Gasteiger partial charge in [-0.1, -0.05) is 35.3 Å². The van der Waals surface area contributed by atoms with Gasteiger partial charge in [-0.25, -0.2) is 8.42 Å². The first-order chi connectivity index (χ1) is 10.9. The van der Waals surface area contributed by atoms with Gasteiger partial charge in [0.05, 0.1) is 22.1 Å². The molecular formula is C14H11Cl2N3O2S2. The van der Waals surface area contributed by atoms with Crippen LogP contribution in [0.15, 0.2) is 53.0 Å². The number of anilines is 1. The Labute approximate surface area is 147 Å². The predicted molar refractivity (Wildman–Crippen MR) is 92.9 cm³/mol. The first-order valence-corrected chi connectivity index (χ1v) is 9.53. The summed E-state index contributed by atoms with van der Waals surface area (Å²) in [4.78, 5) is 0. The van der Waals surface area contributed by atoms with Crippen molar-refractivity contribution in [2.75, 3.05) is 4.72 Å². The zero-order chi connectivity index (χ0) is 16.4. The molecule has 1 N–H and O–H groups in total. The summed E-state index contributed by atoms with van der Waals surface area (Å²) in [6.45, 7) is 0.493. The Morgan fingerprint density at radius 1 is 1.22 bits per heavy atom. The summed E-state index contributed by atoms with van der Waals surface area (Å²) in [6, 6.07) is 10.1. The van der Waals surface area contributed by atoms with E-state index in [0.29, 0.717) is 21.6 Å². The highest BCUT2D eigenvalue weighted by Gasteiger charge is 2.16. The van der Waals surface area contributed by atoms with Crippen molar-refractivity contribution in [2.45, 2.75) is 10.8 Å². The summed E-state index contributed by atoms with van der Waals surface area (Å²) < 4.78 is 29.4. The van der Waals surface area contributed by atoms with Crippen molar-refractivity contribution >= 4 is 50.2 Å². The molecule has 1 aromatic carbocycles. The molecule has 0 spiro atoms. The van der Waals surface area contributed by atoms with Gasteiger partial charge in [0.25, 0.3) is 10.0 Å². The van der Waals surface area contributed by atoms with Crippen LogP contribution >= 0.6 is 34.5 Å². The van der Waals surface area contributed by atoms with Crippen molar-refractivity contribution in [3.63, 3.8) is 0 Å². The van der Waals surface area contributed by atoms with Gasteiger partial charge in [0, 0.05) is 11.9 Å². The highest BCUT2D eigenvalue weighted by Crippen LogP contribution is 2.27. The molecule has 0 fully saturated rings. The zero-order valence-corrected chi connectivity index (χ0v) is 14.8. The number of sulfonamides is 1. The molecule has 0 aliphatic carbocycles. The van der Waals surface area contributed by atoms with E-state index < -0.39 is 10.0 Å². The van der Waals surface area contributed by atoms with Crippen LogP contribution in [0.1, 0.15) is 5.56 Å². The molecule has 0 amide bonds. The fourth-order valence-corrected chi connectivity index (χ4v) is 4.68. The van der Waals surface area contributed by atoms with E-state index in [4.69, 9.17) is 23.2 Å². The van der Waals surface area contributed by atoms with Crippen molar-refractivity contribution in [3.8, 4) is 0 Å². The Morgan fingerprint density at radius 2 is 2.04 bits per heavy atom. The number of nitrogens with zero attached hydrogens (tertiary/aromatic N) is 2. The Kier molecular flexibility index (Phi) is 4.63. The van der Waals surface area contributed by atoms with Gasteiger partial charge in [0.2, 0.25) is 0 Å². The summed E-state index contributed by atoms with van der Waals surface area (Å²) >= 11 is 12.6. The van der Waals surface area contributed by atoms with Gasteiger partial charge in [-0.05, 0) is 29.8 Å². The van der Waals surface area contributed by atoms with Crippen molar-refractivity contribution in [3.05, 3.63) is 63.7 Å². The summed E-state index contributed by atoms with van der Waals surface area (Å²) in [7, 11) is -3.64. The second-order valence-electron chi connectivity index (χ2n) is 4.72. The first kappa shape index (κ1) is 16.3. The molecule has 0 saturated heterocycles. The second kappa shape index (κ2) is 6.52. The standard InChI is InChI=1S/C14H11Cl2N3O2S2/c15-11-7-17-19(9-11)8-10-2-1-3-12(6-10)18-23(20,21)14-5-4-13(16)22-14/h1-7,9,18H,8H2. The number of halogens is 2. The Balaban J connectivity index is 1.80. The van der Waals surface area contributed by atoms with Gasteiger partial charge in [0.1, 0.15) is 4.21 Å². The molecule has 0 aliphatic heterocycles. The largest absolute Gasteiger partial charge is 0.279 e. The lowest BCUT2D eigenvalue weighted by atomic mass is 10.2. The van der Waals surface area contributed by atoms with E-state index in [0.717, 1.165) is 16.9 Å². The summed E-state index contributed by atoms with van der Waals surface area (Å²) in [5.41, 5.74) is 1.37. The third-order valence-corrected chi connectivity index (χ3v) is 6.24. The summed E-state index contributed by atoms with van der Waals surface area (Å²) in [6.07, 6.45) is 3.25. The minimum absolute atomic E-state index is 0.173. The van der Waals surface area contributed by atoms with Gasteiger partial charge < -0.3 is 0 Å². The average molecular weight is 388 g/mol. The van der Waals surface area contributed by atoms with Crippen LogP contribution in [0.2, 0.25) is 9.36 Å². The number of nitrogens with one attached hydrogen (secondary N) is 1. The monoisotopic (exact) mass is 387 g/mol. The quantitative estimate of drug-likeness (QED) is 0.716. The highest BCUT2D eigenvalue weighted by atomic mass is 35.5. The number of thiophene rings is 1. The molecule has 0 unspecified atom stereocenters. The number of hydrogen-bond acceptors (Lipinski definition) is 4. The number of aromatic nitrogens is 2. The normalized spacial score (nSPS) is 11.6. The van der Waals surface area contributed by atoms with Crippen molar-refractivity contribution in [1.82, 2.24) is 9.78 Å². The van der Waals surface area contributed by atoms with E-state index in [9.17, 15) is 8.42 Å². The highest BCUT2D eigenvalue weighted by molar-refractivity contribution is 7.94. The van der Waals surface area contributed by atoms with Crippen LogP contribution in [0.4, 0.5) is 5.69 Å². The predicted octanol–water partition coefficient (Wildman–Crippen LogP) is 4.10. The van der Waals surface area contributed by atoms with Gasteiger partial charge in [-0.2, -0.15) is 5.10 Å². The molecule has 3 aromatic rings. The third-order valence-electron chi connectivity index (χ3n) is 2.94. The lowest BCUT2D eigenvalue weighted by Gasteiger charge is -2.08. The maximum Gasteiger partial charge on any atom is 0.271 e. The smallest absolute Gasteiger partial charge is 0.271 e. The topological polar surface area (TPSA) is 64.0 Å². The molecule has 2 heterocycles. The summed E-state index contributed by atoms with van der Waals surface area (Å²) in [5.74, 6) is 0. The van der Waals surface area contributed by atoms with E-state index in [1.54, 1.807) is 41.3 Å². The zero-order valence-electron chi connectivity index (χ0n) is 11.6. The second-order valence-corrected chi connectivity index (χ2v) is 8.78. The van der Waals surface area contributed by atoms with Crippen LogP contribution in [0.5, 0.6) is 0 Å². The number of hydrogen-bond donors (Lipinski definition) is 1. The van der Waals surface area contributed by atoms with Gasteiger partial charge in [-0.15, -0.1) is 11.3 Å². The van der Waals surface area contributed by atoms with Crippen molar-refractivity contribution in [1.29, 1.82) is 0 Å². The maximum atomic E-state index is 12.3. The van der Waals surface area contributed by atoms with E-state index in [2.05, 4.69) is 9.82 Å². The molecule has 120 valence electrons. The van der Waals surface area contributed by atoms with Gasteiger partial charge >= 0.3 is 0 Å². The molecule has 0 radical (unpaired) electrons. The SMILES string of the molecule is O=S(=O)(Nc1cccc(Cn2cc(Cl)cn2)c1)c1ccc(Cl)s1. The molecule has 0 atom stereocenters. The molecule has 3 rings (SSSR count). The van der Waals surface area contributed by atoms with Crippen LogP contribution < -0.4 is 4.72 Å². The number of rotatable bonds is 5. The van der Waals surface area contributed by atoms with Gasteiger partial charge in [-0.3, -0.25) is 9.40 Å². The van der Waals surface area contributed by atoms with Gasteiger partial charge in [0.15, 0.2) is 0 Å². The van der Waals surface area contributed by atoms with E-state index in [1.807, 2.05) is 6.07 Å². The Morgan fingerprint density at radius 3 is 2.70 bits per heavy atom. The van der Waals surface area contributed by atoms with Crippen molar-refractivity contribution in [2.24, 2.45) is 0 Å². The Hall–Kier alpha value is -1.54. The molecule has 23 heavy (non-hydrogen) atoms. The first-order valence-electron chi connectivity index (χ1n) is 6.47. The third kappa shape index (κ3) is 4.06. The molecule has 5 nitrogen and oxygen atoms in total. The summed E-state index contributed by atoms with van der Waals surface area (Å²) in [5, 5.41) is 4.65. The van der Waals surface area contributed by atoms with Crippen molar-refractivity contribution < 1.29 is 8.42 Å². The fourth-order valence-electron chi connectivity index (χ4n) is 1.99. The minimum Gasteiger partial charge on any atom is -0.279 e. The molecule has 0 bridgehead atoms. The molecule has 9 heteroatoms. The van der Waals surface area contributed by atoms with Crippen LogP contribution in [0.3, 0.4) is 0 Å². The number of benzene rings is 1. The lowest BCUT2D eigenvalue weighted by Crippen LogP contribution is -2.11. The lowest BCUT2D eigenvalue weighted by molar-refractivity contribution is 0.603. The molecular weight excluding hydrogens is 377 g/mol. The maximum absolute atomic E-state index is 12.3. The van der Waals surface area contributed by atoms with E-state index in [-0.39, 0.29) is 4.21 Å². The minimum atomic E-state index is -3.64. The fraction of sp³-hybridized carbons (Fsp3) is 0.0714. The molecule has 0 aliphatic rings. The Bertz CT molecular complexity index is 935. The van der Waals surface area contributed by atoms with E-state index in [1.165, 1.54) is 6.07 Å². The van der Waals surface area contributed by atoms with Crippen LogP contribution in [0.25, 0.3) is 0 Å². The van der Waals surface area contributed by atoms with E-state index >= 15 is 0 Å². The molecule has 0 saturated carbocycles. The van der Waals surface area contributed by atoms with Crippen LogP contribution in [-0.2, 0) is 16.6 Å². The average Bonchev–Trinajstić information content (AvgIpc) is 3.08. The van der Waals surface area contributed by atoms with Crippen LogP contribution in [0, 0.1) is 0 Å².